The molecule has 1 aromatic heterocycles. The zero-order valence-corrected chi connectivity index (χ0v) is 10.8. The van der Waals surface area contributed by atoms with Gasteiger partial charge in [0.25, 0.3) is 0 Å². The van der Waals surface area contributed by atoms with Crippen LogP contribution in [0, 0.1) is 0 Å². The van der Waals surface area contributed by atoms with Gasteiger partial charge in [-0.3, -0.25) is 0 Å². The monoisotopic (exact) mass is 252 g/mol. The predicted molar refractivity (Wildman–Crippen MR) is 78.5 cm³/mol. The standard InChI is InChI=1S/C16H13OP/c17-16-15(13-9-5-2-6-10-13)14(11-18-16)12-7-3-1-4-8-12/h1-11,17-18H. The SMILES string of the molecule is Oc1[pH]cc(-c2ccccc2)c1-c1ccccc1. The van der Waals surface area contributed by atoms with Crippen molar-refractivity contribution in [3.63, 3.8) is 0 Å². The smallest absolute Gasteiger partial charge is 0.139 e. The molecule has 0 fully saturated rings. The van der Waals surface area contributed by atoms with Crippen molar-refractivity contribution >= 4 is 8.19 Å². The average Bonchev–Trinajstić information content (AvgIpc) is 2.83. The van der Waals surface area contributed by atoms with Gasteiger partial charge in [-0.25, -0.2) is 0 Å². The zero-order chi connectivity index (χ0) is 12.4. The van der Waals surface area contributed by atoms with Gasteiger partial charge in [-0.1, -0.05) is 68.9 Å². The summed E-state index contributed by atoms with van der Waals surface area (Å²) in [5.74, 6) is 2.12. The first-order chi connectivity index (χ1) is 8.86. The van der Waals surface area contributed by atoms with E-state index in [9.17, 15) is 5.11 Å². The summed E-state index contributed by atoms with van der Waals surface area (Å²) >= 11 is 0. The Balaban J connectivity index is 2.19. The van der Waals surface area contributed by atoms with Crippen LogP contribution >= 0.6 is 8.19 Å². The van der Waals surface area contributed by atoms with Crippen molar-refractivity contribution < 1.29 is 5.11 Å². The molecule has 1 atom stereocenters. The molecular formula is C16H13OP. The summed E-state index contributed by atoms with van der Waals surface area (Å²) in [6, 6.07) is 20.3. The third-order valence-corrected chi connectivity index (χ3v) is 3.96. The fourth-order valence-corrected chi connectivity index (χ4v) is 3.17. The summed E-state index contributed by atoms with van der Waals surface area (Å²) in [5, 5.41) is 10.1. The largest absolute Gasteiger partial charge is 0.504 e. The lowest BCUT2D eigenvalue weighted by molar-refractivity contribution is 0.493. The molecule has 2 aromatic carbocycles. The van der Waals surface area contributed by atoms with Gasteiger partial charge in [-0.05, 0) is 22.5 Å². The molecule has 0 saturated heterocycles. The Hall–Kier alpha value is -1.98. The first-order valence-corrected chi connectivity index (χ1v) is 6.95. The summed E-state index contributed by atoms with van der Waals surface area (Å²) in [5.41, 5.74) is 4.83. The van der Waals surface area contributed by atoms with Crippen molar-refractivity contribution in [3.8, 4) is 27.7 Å². The van der Waals surface area contributed by atoms with Crippen LogP contribution in [0.25, 0.3) is 22.3 Å². The Kier molecular flexibility index (Phi) is 2.92. The summed E-state index contributed by atoms with van der Waals surface area (Å²) in [6.07, 6.45) is 0. The normalized spacial score (nSPS) is 10.9. The van der Waals surface area contributed by atoms with Crippen molar-refractivity contribution in [1.29, 1.82) is 0 Å². The van der Waals surface area contributed by atoms with Crippen LogP contribution in [0.3, 0.4) is 0 Å². The van der Waals surface area contributed by atoms with E-state index in [4.69, 9.17) is 0 Å². The lowest BCUT2D eigenvalue weighted by atomic mass is 9.99. The van der Waals surface area contributed by atoms with Gasteiger partial charge >= 0.3 is 0 Å². The molecule has 1 unspecified atom stereocenters. The fourth-order valence-electron chi connectivity index (χ4n) is 2.15. The fraction of sp³-hybridized carbons (Fsp3) is 0. The van der Waals surface area contributed by atoms with E-state index in [1.54, 1.807) is 0 Å². The second-order valence-corrected chi connectivity index (χ2v) is 5.21. The van der Waals surface area contributed by atoms with E-state index in [-0.39, 0.29) is 0 Å². The second-order valence-electron chi connectivity index (χ2n) is 4.16. The molecule has 1 heterocycles. The van der Waals surface area contributed by atoms with E-state index in [1.807, 2.05) is 48.5 Å². The molecular weight excluding hydrogens is 239 g/mol. The lowest BCUT2D eigenvalue weighted by Crippen LogP contribution is -1.80. The molecule has 1 nitrogen and oxygen atoms in total. The minimum Gasteiger partial charge on any atom is -0.504 e. The van der Waals surface area contributed by atoms with Crippen molar-refractivity contribution in [3.05, 3.63) is 66.5 Å². The number of hydrogen-bond acceptors (Lipinski definition) is 1. The van der Waals surface area contributed by atoms with Crippen molar-refractivity contribution in [2.24, 2.45) is 0 Å². The second kappa shape index (κ2) is 4.72. The Labute approximate surface area is 108 Å². The van der Waals surface area contributed by atoms with Gasteiger partial charge in [0.15, 0.2) is 0 Å². The topological polar surface area (TPSA) is 20.2 Å². The van der Waals surface area contributed by atoms with Crippen molar-refractivity contribution in [2.45, 2.75) is 0 Å². The predicted octanol–water partition coefficient (Wildman–Crippen LogP) is 4.76. The first-order valence-electron chi connectivity index (χ1n) is 5.87. The van der Waals surface area contributed by atoms with Gasteiger partial charge < -0.3 is 5.11 Å². The molecule has 0 bridgehead atoms. The summed E-state index contributed by atoms with van der Waals surface area (Å²) in [7, 11) is 0.367. The van der Waals surface area contributed by atoms with Crippen LogP contribution in [0.15, 0.2) is 66.5 Å². The highest BCUT2D eigenvalue weighted by Crippen LogP contribution is 2.45. The Morgan fingerprint density at radius 1 is 0.722 bits per heavy atom. The Morgan fingerprint density at radius 3 is 1.89 bits per heavy atom. The van der Waals surface area contributed by atoms with Crippen LogP contribution in [0.4, 0.5) is 0 Å². The Bertz CT molecular complexity index is 641. The molecule has 0 spiro atoms. The Morgan fingerprint density at radius 2 is 1.28 bits per heavy atom. The van der Waals surface area contributed by atoms with E-state index >= 15 is 0 Å². The number of benzene rings is 2. The molecule has 2 heteroatoms. The maximum atomic E-state index is 10.1. The number of hydrogen-bond donors (Lipinski definition) is 1. The van der Waals surface area contributed by atoms with E-state index in [2.05, 4.69) is 17.9 Å². The summed E-state index contributed by atoms with van der Waals surface area (Å²) < 4.78 is 0. The molecule has 3 aromatic rings. The molecule has 0 aliphatic carbocycles. The van der Waals surface area contributed by atoms with Gasteiger partial charge in [0.1, 0.15) is 5.48 Å². The first kappa shape index (κ1) is 11.1. The van der Waals surface area contributed by atoms with Gasteiger partial charge in [-0.15, -0.1) is 0 Å². The highest BCUT2D eigenvalue weighted by molar-refractivity contribution is 7.32. The zero-order valence-electron chi connectivity index (χ0n) is 9.80. The van der Waals surface area contributed by atoms with Crippen LogP contribution in [0.2, 0.25) is 0 Å². The van der Waals surface area contributed by atoms with Crippen LogP contribution in [-0.2, 0) is 0 Å². The van der Waals surface area contributed by atoms with Gasteiger partial charge in [-0.2, -0.15) is 0 Å². The molecule has 3 rings (SSSR count). The van der Waals surface area contributed by atoms with Crippen LogP contribution < -0.4 is 0 Å². The van der Waals surface area contributed by atoms with Crippen LogP contribution in [-0.4, -0.2) is 5.11 Å². The molecule has 18 heavy (non-hydrogen) atoms. The van der Waals surface area contributed by atoms with Crippen LogP contribution in [0.1, 0.15) is 0 Å². The molecule has 0 saturated carbocycles. The lowest BCUT2D eigenvalue weighted by Gasteiger charge is -2.05. The number of aromatic hydroxyl groups is 1. The van der Waals surface area contributed by atoms with Crippen molar-refractivity contribution in [2.75, 3.05) is 0 Å². The van der Waals surface area contributed by atoms with E-state index in [0.717, 1.165) is 22.3 Å². The summed E-state index contributed by atoms with van der Waals surface area (Å²) in [4.78, 5) is 0. The molecule has 0 aliphatic rings. The van der Waals surface area contributed by atoms with E-state index in [1.165, 1.54) is 0 Å². The molecule has 88 valence electrons. The average molecular weight is 252 g/mol. The molecule has 0 amide bonds. The van der Waals surface area contributed by atoms with Gasteiger partial charge in [0.05, 0.1) is 0 Å². The van der Waals surface area contributed by atoms with Gasteiger partial charge in [0.2, 0.25) is 0 Å². The van der Waals surface area contributed by atoms with Crippen LogP contribution in [0.5, 0.6) is 5.48 Å². The van der Waals surface area contributed by atoms with Crippen molar-refractivity contribution in [1.82, 2.24) is 0 Å². The highest BCUT2D eigenvalue weighted by atomic mass is 31.0. The molecule has 1 N–H and O–H groups in total. The molecule has 0 radical (unpaired) electrons. The summed E-state index contributed by atoms with van der Waals surface area (Å²) in [6.45, 7) is 0. The molecule has 0 aliphatic heterocycles. The third kappa shape index (κ3) is 1.94. The number of rotatable bonds is 2. The highest BCUT2D eigenvalue weighted by Gasteiger charge is 2.12. The van der Waals surface area contributed by atoms with E-state index in [0.29, 0.717) is 13.7 Å². The third-order valence-electron chi connectivity index (χ3n) is 3.01. The van der Waals surface area contributed by atoms with E-state index < -0.39 is 0 Å². The minimum absolute atomic E-state index is 0.367. The quantitative estimate of drug-likeness (QED) is 0.697. The minimum atomic E-state index is 0.367. The van der Waals surface area contributed by atoms with Gasteiger partial charge in [0, 0.05) is 5.56 Å². The maximum absolute atomic E-state index is 10.1. The maximum Gasteiger partial charge on any atom is 0.139 e.